The zero-order valence-electron chi connectivity index (χ0n) is 13.8. The molecule has 5 nitrogen and oxygen atoms in total. The van der Waals surface area contributed by atoms with E-state index in [4.69, 9.17) is 21.6 Å². The van der Waals surface area contributed by atoms with Gasteiger partial charge in [0, 0.05) is 24.5 Å². The van der Waals surface area contributed by atoms with Crippen molar-refractivity contribution in [3.05, 3.63) is 76.3 Å². The standard InChI is InChI=1S/C19H16ClFN4O/c20-15-7-14(10-22)8-17(9-15)26-19-12-24-25-18(19)5-6-23-11-13-1-3-16(21)4-2-13/h1-4,7-9,12,23H,5-6,11H2,(H,24,25). The SMILES string of the molecule is N#Cc1cc(Cl)cc(Oc2cn[nH]c2CCNCc2ccc(F)cc2)c1. The van der Waals surface area contributed by atoms with Gasteiger partial charge >= 0.3 is 0 Å². The zero-order valence-corrected chi connectivity index (χ0v) is 14.6. The highest BCUT2D eigenvalue weighted by atomic mass is 35.5. The zero-order chi connectivity index (χ0) is 18.4. The molecular formula is C19H16ClFN4O. The molecular weight excluding hydrogens is 355 g/mol. The summed E-state index contributed by atoms with van der Waals surface area (Å²) in [4.78, 5) is 0. The number of aromatic nitrogens is 2. The minimum Gasteiger partial charge on any atom is -0.454 e. The molecule has 3 rings (SSSR count). The summed E-state index contributed by atoms with van der Waals surface area (Å²) in [5, 5.41) is 19.7. The molecule has 0 spiro atoms. The fourth-order valence-electron chi connectivity index (χ4n) is 2.43. The fraction of sp³-hybridized carbons (Fsp3) is 0.158. The van der Waals surface area contributed by atoms with Crippen molar-refractivity contribution in [2.24, 2.45) is 0 Å². The number of nitrogens with zero attached hydrogens (tertiary/aromatic N) is 2. The lowest BCUT2D eigenvalue weighted by Gasteiger charge is -2.08. The van der Waals surface area contributed by atoms with E-state index in [-0.39, 0.29) is 5.82 Å². The third-order valence-corrected chi connectivity index (χ3v) is 3.92. The molecule has 1 heterocycles. The number of nitriles is 1. The summed E-state index contributed by atoms with van der Waals surface area (Å²) in [7, 11) is 0. The summed E-state index contributed by atoms with van der Waals surface area (Å²) < 4.78 is 18.7. The Morgan fingerprint density at radius 3 is 2.81 bits per heavy atom. The first kappa shape index (κ1) is 17.9. The fourth-order valence-corrected chi connectivity index (χ4v) is 2.66. The second kappa shape index (κ2) is 8.48. The van der Waals surface area contributed by atoms with E-state index in [9.17, 15) is 4.39 Å². The summed E-state index contributed by atoms with van der Waals surface area (Å²) in [6.07, 6.45) is 2.25. The smallest absolute Gasteiger partial charge is 0.168 e. The molecule has 132 valence electrons. The minimum absolute atomic E-state index is 0.242. The maximum Gasteiger partial charge on any atom is 0.168 e. The van der Waals surface area contributed by atoms with Crippen molar-refractivity contribution in [3.63, 3.8) is 0 Å². The van der Waals surface area contributed by atoms with Crippen LogP contribution >= 0.6 is 11.6 Å². The Balaban J connectivity index is 1.56. The number of hydrogen-bond donors (Lipinski definition) is 2. The third kappa shape index (κ3) is 4.82. The van der Waals surface area contributed by atoms with Crippen LogP contribution in [0.15, 0.2) is 48.7 Å². The van der Waals surface area contributed by atoms with Gasteiger partial charge in [0.1, 0.15) is 11.6 Å². The summed E-state index contributed by atoms with van der Waals surface area (Å²) in [5.74, 6) is 0.823. The minimum atomic E-state index is -0.242. The third-order valence-electron chi connectivity index (χ3n) is 3.70. The van der Waals surface area contributed by atoms with Crippen LogP contribution in [0.3, 0.4) is 0 Å². The van der Waals surface area contributed by atoms with Gasteiger partial charge in [-0.3, -0.25) is 5.10 Å². The highest BCUT2D eigenvalue weighted by Crippen LogP contribution is 2.27. The molecule has 0 unspecified atom stereocenters. The van der Waals surface area contributed by atoms with Crippen LogP contribution in [0.5, 0.6) is 11.5 Å². The lowest BCUT2D eigenvalue weighted by molar-refractivity contribution is 0.475. The van der Waals surface area contributed by atoms with Crippen molar-refractivity contribution < 1.29 is 9.13 Å². The predicted octanol–water partition coefficient (Wildman–Crippen LogP) is 4.20. The van der Waals surface area contributed by atoms with Crippen LogP contribution in [0.25, 0.3) is 0 Å². The molecule has 0 saturated heterocycles. The van der Waals surface area contributed by atoms with Crippen molar-refractivity contribution in [1.82, 2.24) is 15.5 Å². The molecule has 26 heavy (non-hydrogen) atoms. The van der Waals surface area contributed by atoms with E-state index in [0.29, 0.717) is 41.6 Å². The second-order valence-electron chi connectivity index (χ2n) is 5.66. The number of rotatable bonds is 7. The lowest BCUT2D eigenvalue weighted by Crippen LogP contribution is -2.17. The Morgan fingerprint density at radius 1 is 1.23 bits per heavy atom. The molecule has 0 atom stereocenters. The van der Waals surface area contributed by atoms with Crippen LogP contribution in [0.4, 0.5) is 4.39 Å². The predicted molar refractivity (Wildman–Crippen MR) is 96.6 cm³/mol. The molecule has 0 radical (unpaired) electrons. The van der Waals surface area contributed by atoms with E-state index >= 15 is 0 Å². The molecule has 0 saturated carbocycles. The summed E-state index contributed by atoms with van der Waals surface area (Å²) >= 11 is 5.99. The molecule has 3 aromatic rings. The van der Waals surface area contributed by atoms with E-state index in [0.717, 1.165) is 11.3 Å². The average molecular weight is 371 g/mol. The van der Waals surface area contributed by atoms with Gasteiger partial charge < -0.3 is 10.1 Å². The molecule has 2 N–H and O–H groups in total. The molecule has 0 fully saturated rings. The monoisotopic (exact) mass is 370 g/mol. The van der Waals surface area contributed by atoms with Gasteiger partial charge in [-0.05, 0) is 35.9 Å². The molecule has 0 amide bonds. The van der Waals surface area contributed by atoms with Gasteiger partial charge in [-0.1, -0.05) is 23.7 Å². The number of benzene rings is 2. The topological polar surface area (TPSA) is 73.7 Å². The van der Waals surface area contributed by atoms with Crippen LogP contribution in [0, 0.1) is 17.1 Å². The quantitative estimate of drug-likeness (QED) is 0.611. The van der Waals surface area contributed by atoms with Crippen LogP contribution in [-0.4, -0.2) is 16.7 Å². The highest BCUT2D eigenvalue weighted by Gasteiger charge is 2.09. The first-order valence-corrected chi connectivity index (χ1v) is 8.38. The molecule has 0 aliphatic rings. The molecule has 1 aromatic heterocycles. The largest absolute Gasteiger partial charge is 0.454 e. The summed E-state index contributed by atoms with van der Waals surface area (Å²) in [5.41, 5.74) is 2.27. The van der Waals surface area contributed by atoms with Crippen LogP contribution in [0.2, 0.25) is 5.02 Å². The van der Waals surface area contributed by atoms with Gasteiger partial charge in [-0.2, -0.15) is 10.4 Å². The number of nitrogens with one attached hydrogen (secondary N) is 2. The molecule has 7 heteroatoms. The van der Waals surface area contributed by atoms with E-state index in [1.54, 1.807) is 36.5 Å². The number of ether oxygens (including phenoxy) is 1. The second-order valence-corrected chi connectivity index (χ2v) is 6.09. The Bertz CT molecular complexity index is 918. The lowest BCUT2D eigenvalue weighted by atomic mass is 10.2. The molecule has 0 aliphatic heterocycles. The number of H-pyrrole nitrogens is 1. The molecule has 0 aliphatic carbocycles. The molecule has 0 bridgehead atoms. The highest BCUT2D eigenvalue weighted by molar-refractivity contribution is 6.30. The van der Waals surface area contributed by atoms with Crippen molar-refractivity contribution in [3.8, 4) is 17.6 Å². The van der Waals surface area contributed by atoms with E-state index in [1.165, 1.54) is 12.1 Å². The first-order chi connectivity index (χ1) is 12.6. The number of halogens is 2. The van der Waals surface area contributed by atoms with Gasteiger partial charge in [0.05, 0.1) is 23.5 Å². The van der Waals surface area contributed by atoms with Crippen LogP contribution in [-0.2, 0) is 13.0 Å². The molecule has 2 aromatic carbocycles. The van der Waals surface area contributed by atoms with E-state index in [2.05, 4.69) is 15.5 Å². The first-order valence-electron chi connectivity index (χ1n) is 8.00. The van der Waals surface area contributed by atoms with Gasteiger partial charge in [0.2, 0.25) is 0 Å². The van der Waals surface area contributed by atoms with Crippen molar-refractivity contribution >= 4 is 11.6 Å². The van der Waals surface area contributed by atoms with Gasteiger partial charge in [0.25, 0.3) is 0 Å². The number of hydrogen-bond acceptors (Lipinski definition) is 4. The van der Waals surface area contributed by atoms with Gasteiger partial charge in [0.15, 0.2) is 5.75 Å². The summed E-state index contributed by atoms with van der Waals surface area (Å²) in [6.45, 7) is 1.33. The van der Waals surface area contributed by atoms with E-state index in [1.807, 2.05) is 6.07 Å². The Hall–Kier alpha value is -2.88. The number of aromatic amines is 1. The normalized spacial score (nSPS) is 10.5. The maximum atomic E-state index is 12.9. The van der Waals surface area contributed by atoms with Crippen molar-refractivity contribution in [2.45, 2.75) is 13.0 Å². The Labute approximate surface area is 155 Å². The average Bonchev–Trinajstić information content (AvgIpc) is 3.06. The van der Waals surface area contributed by atoms with Crippen molar-refractivity contribution in [2.75, 3.05) is 6.54 Å². The van der Waals surface area contributed by atoms with Crippen LogP contribution < -0.4 is 10.1 Å². The van der Waals surface area contributed by atoms with Gasteiger partial charge in [-0.25, -0.2) is 4.39 Å². The van der Waals surface area contributed by atoms with Crippen LogP contribution in [0.1, 0.15) is 16.8 Å². The van der Waals surface area contributed by atoms with Gasteiger partial charge in [-0.15, -0.1) is 0 Å². The Kier molecular flexibility index (Phi) is 5.84. The maximum absolute atomic E-state index is 12.9. The Morgan fingerprint density at radius 2 is 2.04 bits per heavy atom. The summed E-state index contributed by atoms with van der Waals surface area (Å²) in [6, 6.07) is 13.3. The van der Waals surface area contributed by atoms with E-state index < -0.39 is 0 Å². The van der Waals surface area contributed by atoms with Crippen molar-refractivity contribution in [1.29, 1.82) is 5.26 Å².